The summed E-state index contributed by atoms with van der Waals surface area (Å²) < 4.78 is 0. The van der Waals surface area contributed by atoms with Crippen molar-refractivity contribution < 1.29 is 9.59 Å². The SMILES string of the molecule is C=CCN(CCC(=O)N1CCCCCC1)C(C)=O. The zero-order chi connectivity index (χ0) is 13.4. The van der Waals surface area contributed by atoms with Gasteiger partial charge >= 0.3 is 0 Å². The van der Waals surface area contributed by atoms with E-state index >= 15 is 0 Å². The van der Waals surface area contributed by atoms with Gasteiger partial charge in [-0.25, -0.2) is 0 Å². The van der Waals surface area contributed by atoms with Crippen LogP contribution in [0.25, 0.3) is 0 Å². The average Bonchev–Trinajstić information content (AvgIpc) is 2.62. The van der Waals surface area contributed by atoms with Crippen molar-refractivity contribution in [2.75, 3.05) is 26.2 Å². The first kappa shape index (κ1) is 14.7. The van der Waals surface area contributed by atoms with Gasteiger partial charge in [0, 0.05) is 39.5 Å². The Morgan fingerprint density at radius 1 is 1.22 bits per heavy atom. The first-order chi connectivity index (χ1) is 8.65. The Morgan fingerprint density at radius 2 is 1.83 bits per heavy atom. The number of likely N-dealkylation sites (tertiary alicyclic amines) is 1. The van der Waals surface area contributed by atoms with Crippen molar-refractivity contribution >= 4 is 11.8 Å². The van der Waals surface area contributed by atoms with E-state index in [0.29, 0.717) is 19.5 Å². The third-order valence-electron chi connectivity index (χ3n) is 3.35. The van der Waals surface area contributed by atoms with Gasteiger partial charge in [0.1, 0.15) is 0 Å². The van der Waals surface area contributed by atoms with Crippen LogP contribution in [-0.2, 0) is 9.59 Å². The molecule has 1 heterocycles. The summed E-state index contributed by atoms with van der Waals surface area (Å²) in [4.78, 5) is 27.0. The topological polar surface area (TPSA) is 40.6 Å². The first-order valence-electron chi connectivity index (χ1n) is 6.79. The van der Waals surface area contributed by atoms with Gasteiger partial charge in [-0.2, -0.15) is 0 Å². The lowest BCUT2D eigenvalue weighted by atomic mass is 10.2. The summed E-state index contributed by atoms with van der Waals surface area (Å²) in [5.41, 5.74) is 0. The van der Waals surface area contributed by atoms with E-state index in [9.17, 15) is 9.59 Å². The van der Waals surface area contributed by atoms with Crippen molar-refractivity contribution in [3.05, 3.63) is 12.7 Å². The van der Waals surface area contributed by atoms with Crippen molar-refractivity contribution in [2.45, 2.75) is 39.0 Å². The molecule has 0 aliphatic carbocycles. The fraction of sp³-hybridized carbons (Fsp3) is 0.714. The zero-order valence-corrected chi connectivity index (χ0v) is 11.4. The number of carbonyl (C=O) groups is 2. The van der Waals surface area contributed by atoms with Crippen molar-refractivity contribution in [3.8, 4) is 0 Å². The molecule has 0 radical (unpaired) electrons. The van der Waals surface area contributed by atoms with E-state index in [2.05, 4.69) is 6.58 Å². The second-order valence-electron chi connectivity index (χ2n) is 4.80. The van der Waals surface area contributed by atoms with Crippen LogP contribution in [0.3, 0.4) is 0 Å². The van der Waals surface area contributed by atoms with Gasteiger partial charge in [0.05, 0.1) is 0 Å². The van der Waals surface area contributed by atoms with Crippen LogP contribution in [0.15, 0.2) is 12.7 Å². The van der Waals surface area contributed by atoms with E-state index in [-0.39, 0.29) is 11.8 Å². The van der Waals surface area contributed by atoms with Gasteiger partial charge in [0.2, 0.25) is 11.8 Å². The lowest BCUT2D eigenvalue weighted by Crippen LogP contribution is -2.36. The molecule has 0 spiro atoms. The quantitative estimate of drug-likeness (QED) is 0.700. The summed E-state index contributed by atoms with van der Waals surface area (Å²) in [6.45, 7) is 7.91. The van der Waals surface area contributed by atoms with E-state index in [1.165, 1.54) is 19.8 Å². The highest BCUT2D eigenvalue weighted by atomic mass is 16.2. The molecule has 0 N–H and O–H groups in total. The molecule has 0 unspecified atom stereocenters. The second-order valence-corrected chi connectivity index (χ2v) is 4.80. The highest BCUT2D eigenvalue weighted by molar-refractivity contribution is 5.78. The molecular weight excluding hydrogens is 228 g/mol. The molecule has 0 bridgehead atoms. The van der Waals surface area contributed by atoms with Crippen molar-refractivity contribution in [3.63, 3.8) is 0 Å². The van der Waals surface area contributed by atoms with Gasteiger partial charge in [-0.1, -0.05) is 18.9 Å². The van der Waals surface area contributed by atoms with Crippen molar-refractivity contribution in [2.24, 2.45) is 0 Å². The van der Waals surface area contributed by atoms with Gasteiger partial charge in [-0.15, -0.1) is 6.58 Å². The Morgan fingerprint density at radius 3 is 2.33 bits per heavy atom. The normalized spacial score (nSPS) is 15.9. The molecule has 1 aliphatic heterocycles. The minimum atomic E-state index is -0.00133. The summed E-state index contributed by atoms with van der Waals surface area (Å²) in [5.74, 6) is 0.172. The minimum absolute atomic E-state index is 0.00133. The van der Waals surface area contributed by atoms with Gasteiger partial charge in [0.15, 0.2) is 0 Å². The zero-order valence-electron chi connectivity index (χ0n) is 11.4. The number of hydrogen-bond donors (Lipinski definition) is 0. The first-order valence-corrected chi connectivity index (χ1v) is 6.79. The molecule has 0 aromatic rings. The molecule has 0 atom stereocenters. The number of hydrogen-bond acceptors (Lipinski definition) is 2. The Hall–Kier alpha value is -1.32. The van der Waals surface area contributed by atoms with Crippen LogP contribution >= 0.6 is 0 Å². The third kappa shape index (κ3) is 4.90. The molecule has 1 saturated heterocycles. The molecule has 2 amide bonds. The molecule has 4 heteroatoms. The molecule has 0 aromatic carbocycles. The Labute approximate surface area is 110 Å². The van der Waals surface area contributed by atoms with Crippen LogP contribution in [0.5, 0.6) is 0 Å². The van der Waals surface area contributed by atoms with Crippen molar-refractivity contribution in [1.82, 2.24) is 9.80 Å². The van der Waals surface area contributed by atoms with E-state index < -0.39 is 0 Å². The third-order valence-corrected chi connectivity index (χ3v) is 3.35. The maximum Gasteiger partial charge on any atom is 0.224 e. The predicted molar refractivity (Wildman–Crippen MR) is 72.1 cm³/mol. The summed E-state index contributed by atoms with van der Waals surface area (Å²) in [6.07, 6.45) is 6.77. The number of rotatable bonds is 5. The van der Waals surface area contributed by atoms with Gasteiger partial charge in [-0.05, 0) is 12.8 Å². The van der Waals surface area contributed by atoms with Crippen LogP contribution < -0.4 is 0 Å². The standard InChI is InChI=1S/C14H24N2O2/c1-3-9-15(13(2)17)12-8-14(18)16-10-6-4-5-7-11-16/h3H,1,4-12H2,2H3. The number of nitrogens with zero attached hydrogens (tertiary/aromatic N) is 2. The molecule has 1 fully saturated rings. The second kappa shape index (κ2) is 7.90. The monoisotopic (exact) mass is 252 g/mol. The summed E-state index contributed by atoms with van der Waals surface area (Å²) >= 11 is 0. The largest absolute Gasteiger partial charge is 0.343 e. The average molecular weight is 252 g/mol. The fourth-order valence-electron chi connectivity index (χ4n) is 2.24. The predicted octanol–water partition coefficient (Wildman–Crippen LogP) is 1.81. The summed E-state index contributed by atoms with van der Waals surface area (Å²) in [6, 6.07) is 0. The molecular formula is C14H24N2O2. The molecule has 0 saturated carbocycles. The van der Waals surface area contributed by atoms with E-state index in [0.717, 1.165) is 25.9 Å². The van der Waals surface area contributed by atoms with Crippen LogP contribution in [0.1, 0.15) is 39.0 Å². The van der Waals surface area contributed by atoms with E-state index in [1.54, 1.807) is 11.0 Å². The van der Waals surface area contributed by atoms with Crippen LogP contribution in [-0.4, -0.2) is 47.8 Å². The van der Waals surface area contributed by atoms with Crippen molar-refractivity contribution in [1.29, 1.82) is 0 Å². The molecule has 4 nitrogen and oxygen atoms in total. The van der Waals surface area contributed by atoms with Crippen LogP contribution in [0.2, 0.25) is 0 Å². The fourth-order valence-corrected chi connectivity index (χ4v) is 2.24. The smallest absolute Gasteiger partial charge is 0.224 e. The Bertz CT molecular complexity index is 294. The van der Waals surface area contributed by atoms with E-state index in [1.807, 2.05) is 4.90 Å². The van der Waals surface area contributed by atoms with Crippen LogP contribution in [0, 0.1) is 0 Å². The lowest BCUT2D eigenvalue weighted by molar-refractivity contribution is -0.133. The number of amides is 2. The van der Waals surface area contributed by atoms with E-state index in [4.69, 9.17) is 0 Å². The minimum Gasteiger partial charge on any atom is -0.343 e. The van der Waals surface area contributed by atoms with Gasteiger partial charge in [-0.3, -0.25) is 9.59 Å². The lowest BCUT2D eigenvalue weighted by Gasteiger charge is -2.23. The Kier molecular flexibility index (Phi) is 6.47. The maximum absolute atomic E-state index is 12.0. The highest BCUT2D eigenvalue weighted by Crippen LogP contribution is 2.10. The maximum atomic E-state index is 12.0. The summed E-state index contributed by atoms with van der Waals surface area (Å²) in [5, 5.41) is 0. The molecule has 18 heavy (non-hydrogen) atoms. The molecule has 1 aliphatic rings. The van der Waals surface area contributed by atoms with Crippen LogP contribution in [0.4, 0.5) is 0 Å². The molecule has 0 aromatic heterocycles. The van der Waals surface area contributed by atoms with Gasteiger partial charge in [0.25, 0.3) is 0 Å². The Balaban J connectivity index is 2.38. The van der Waals surface area contributed by atoms with Gasteiger partial charge < -0.3 is 9.80 Å². The molecule has 1 rings (SSSR count). The summed E-state index contributed by atoms with van der Waals surface area (Å²) in [7, 11) is 0. The molecule has 102 valence electrons. The number of carbonyl (C=O) groups excluding carboxylic acids is 2. The highest BCUT2D eigenvalue weighted by Gasteiger charge is 2.16.